The van der Waals surface area contributed by atoms with Gasteiger partial charge in [0.1, 0.15) is 5.69 Å². The molecule has 0 saturated carbocycles. The predicted molar refractivity (Wildman–Crippen MR) is 108 cm³/mol. The Kier molecular flexibility index (Phi) is 7.31. The van der Waals surface area contributed by atoms with Gasteiger partial charge in [0.2, 0.25) is 0 Å². The van der Waals surface area contributed by atoms with Crippen LogP contribution >= 0.6 is 0 Å². The van der Waals surface area contributed by atoms with Gasteiger partial charge in [0.25, 0.3) is 0 Å². The van der Waals surface area contributed by atoms with Crippen molar-refractivity contribution in [1.29, 1.82) is 0 Å². The number of carbonyl (C=O) groups excluding carboxylic acids is 1. The third-order valence-electron chi connectivity index (χ3n) is 5.54. The Balaban J connectivity index is 2.63. The number of aromatic carboxylic acids is 1. The molecule has 1 atom stereocenters. The smallest absolute Gasteiger partial charge is 0.352 e. The molecule has 0 aliphatic heterocycles. The van der Waals surface area contributed by atoms with Gasteiger partial charge < -0.3 is 29.7 Å². The highest BCUT2D eigenvalue weighted by atomic mass is 16.5. The Morgan fingerprint density at radius 3 is 2.10 bits per heavy atom. The van der Waals surface area contributed by atoms with Crippen LogP contribution in [-0.2, 0) is 20.7 Å². The first-order valence-corrected chi connectivity index (χ1v) is 9.58. The summed E-state index contributed by atoms with van der Waals surface area (Å²) in [4.78, 5) is 40.8. The highest BCUT2D eigenvalue weighted by Gasteiger charge is 2.29. The van der Waals surface area contributed by atoms with Crippen LogP contribution in [0.15, 0.2) is 0 Å². The molecule has 0 saturated heterocycles. The molecule has 2 heterocycles. The number of esters is 1. The highest BCUT2D eigenvalue weighted by Crippen LogP contribution is 2.38. The molecule has 2 aromatic rings. The molecule has 1 unspecified atom stereocenters. The number of nitrogens with one attached hydrogen (secondary N) is 2. The van der Waals surface area contributed by atoms with Crippen LogP contribution in [0, 0.1) is 20.8 Å². The zero-order chi connectivity index (χ0) is 22.6. The van der Waals surface area contributed by atoms with E-state index in [9.17, 15) is 19.5 Å². The third kappa shape index (κ3) is 4.67. The van der Waals surface area contributed by atoms with Crippen LogP contribution in [0.25, 0.3) is 0 Å². The first kappa shape index (κ1) is 23.1. The minimum atomic E-state index is -1.07. The Hall–Kier alpha value is -3.23. The van der Waals surface area contributed by atoms with Crippen molar-refractivity contribution in [3.63, 3.8) is 0 Å². The van der Waals surface area contributed by atoms with Crippen molar-refractivity contribution < 1.29 is 34.1 Å². The first-order valence-electron chi connectivity index (χ1n) is 9.58. The molecule has 4 N–H and O–H groups in total. The van der Waals surface area contributed by atoms with Crippen LogP contribution < -0.4 is 4.74 Å². The van der Waals surface area contributed by atoms with E-state index in [1.165, 1.54) is 14.2 Å². The lowest BCUT2D eigenvalue weighted by Gasteiger charge is -2.18. The first-order chi connectivity index (χ1) is 14.1. The minimum absolute atomic E-state index is 0.0678. The number of aromatic nitrogens is 2. The second kappa shape index (κ2) is 9.51. The Labute approximate surface area is 174 Å². The second-order valence-corrected chi connectivity index (χ2v) is 7.21. The molecule has 0 aliphatic carbocycles. The Morgan fingerprint density at radius 1 is 0.933 bits per heavy atom. The molecule has 9 nitrogen and oxygen atoms in total. The summed E-state index contributed by atoms with van der Waals surface area (Å²) >= 11 is 0. The SMILES string of the molecule is COC(=O)CCC(c1[nH]c(C(=O)O)c(C)c1C)c1[nH]c(OC)c(C)c1CCC(=O)O. The summed E-state index contributed by atoms with van der Waals surface area (Å²) in [6, 6.07) is 0. The molecule has 30 heavy (non-hydrogen) atoms. The zero-order valence-electron chi connectivity index (χ0n) is 17.8. The van der Waals surface area contributed by atoms with Crippen LogP contribution in [0.2, 0.25) is 0 Å². The average molecular weight is 420 g/mol. The average Bonchev–Trinajstić information content (AvgIpc) is 3.17. The van der Waals surface area contributed by atoms with Gasteiger partial charge in [-0.2, -0.15) is 0 Å². The van der Waals surface area contributed by atoms with Gasteiger partial charge in [-0.15, -0.1) is 0 Å². The van der Waals surface area contributed by atoms with Crippen molar-refractivity contribution in [2.45, 2.75) is 52.4 Å². The fourth-order valence-electron chi connectivity index (χ4n) is 3.76. The van der Waals surface area contributed by atoms with Gasteiger partial charge in [0.15, 0.2) is 5.88 Å². The summed E-state index contributed by atoms with van der Waals surface area (Å²) in [5, 5.41) is 18.7. The van der Waals surface area contributed by atoms with E-state index in [1.807, 2.05) is 13.8 Å². The van der Waals surface area contributed by atoms with Gasteiger partial charge in [0.05, 0.1) is 14.2 Å². The zero-order valence-corrected chi connectivity index (χ0v) is 17.8. The largest absolute Gasteiger partial charge is 0.482 e. The van der Waals surface area contributed by atoms with E-state index in [-0.39, 0.29) is 30.9 Å². The van der Waals surface area contributed by atoms with E-state index in [0.29, 0.717) is 29.3 Å². The van der Waals surface area contributed by atoms with Crippen molar-refractivity contribution >= 4 is 17.9 Å². The predicted octanol–water partition coefficient (Wildman–Crippen LogP) is 3.08. The molecule has 0 radical (unpaired) electrons. The van der Waals surface area contributed by atoms with Gasteiger partial charge in [-0.1, -0.05) is 0 Å². The number of carboxylic acid groups (broad SMARTS) is 2. The fourth-order valence-corrected chi connectivity index (χ4v) is 3.76. The molecule has 0 bridgehead atoms. The topological polar surface area (TPSA) is 142 Å². The Bertz CT molecular complexity index is 955. The molecular weight excluding hydrogens is 392 g/mol. The van der Waals surface area contributed by atoms with Crippen molar-refractivity contribution in [3.8, 4) is 5.88 Å². The molecule has 9 heteroatoms. The van der Waals surface area contributed by atoms with Crippen molar-refractivity contribution in [3.05, 3.63) is 39.3 Å². The van der Waals surface area contributed by atoms with Crippen molar-refractivity contribution in [2.75, 3.05) is 14.2 Å². The minimum Gasteiger partial charge on any atom is -0.482 e. The lowest BCUT2D eigenvalue weighted by molar-refractivity contribution is -0.141. The summed E-state index contributed by atoms with van der Waals surface area (Å²) in [6.45, 7) is 5.38. The standard InChI is InChI=1S/C21H28N2O7/c1-10-11(2)18(21(27)28)22-17(10)14(7-9-16(26)29-4)19-13(6-8-15(24)25)12(3)20(23-19)30-5/h14,22-23H,6-9H2,1-5H3,(H,24,25)(H,27,28). The maximum Gasteiger partial charge on any atom is 0.352 e. The van der Waals surface area contributed by atoms with Crippen molar-refractivity contribution in [2.24, 2.45) is 0 Å². The molecule has 0 spiro atoms. The number of H-pyrrole nitrogens is 2. The molecule has 2 rings (SSSR count). The lowest BCUT2D eigenvalue weighted by Crippen LogP contribution is -2.11. The lowest BCUT2D eigenvalue weighted by atomic mass is 9.88. The van der Waals surface area contributed by atoms with E-state index >= 15 is 0 Å². The van der Waals surface area contributed by atoms with Gasteiger partial charge >= 0.3 is 17.9 Å². The van der Waals surface area contributed by atoms with Gasteiger partial charge in [-0.05, 0) is 50.3 Å². The molecule has 0 fully saturated rings. The monoisotopic (exact) mass is 420 g/mol. The second-order valence-electron chi connectivity index (χ2n) is 7.21. The number of ether oxygens (including phenoxy) is 2. The number of aliphatic carboxylic acids is 1. The number of carbonyl (C=O) groups is 3. The number of rotatable bonds is 10. The van der Waals surface area contributed by atoms with Crippen LogP contribution in [0.4, 0.5) is 0 Å². The van der Waals surface area contributed by atoms with E-state index in [0.717, 1.165) is 16.7 Å². The number of hydrogen-bond donors (Lipinski definition) is 4. The summed E-state index contributed by atoms with van der Waals surface area (Å²) in [5.41, 5.74) is 4.42. The quantitative estimate of drug-likeness (QED) is 0.433. The van der Waals surface area contributed by atoms with Crippen LogP contribution in [-0.4, -0.2) is 52.3 Å². The molecule has 164 valence electrons. The number of methoxy groups -OCH3 is 2. The third-order valence-corrected chi connectivity index (χ3v) is 5.54. The molecule has 0 aliphatic rings. The highest BCUT2D eigenvalue weighted by molar-refractivity contribution is 5.88. The summed E-state index contributed by atoms with van der Waals surface area (Å²) in [6.07, 6.45) is 0.660. The Morgan fingerprint density at radius 2 is 1.60 bits per heavy atom. The van der Waals surface area contributed by atoms with Gasteiger partial charge in [0, 0.05) is 35.7 Å². The molecular formula is C21H28N2O7. The number of hydrogen-bond acceptors (Lipinski definition) is 5. The van der Waals surface area contributed by atoms with E-state index in [1.54, 1.807) is 6.92 Å². The van der Waals surface area contributed by atoms with E-state index in [2.05, 4.69) is 9.97 Å². The molecule has 0 aromatic carbocycles. The van der Waals surface area contributed by atoms with E-state index in [4.69, 9.17) is 14.6 Å². The summed E-state index contributed by atoms with van der Waals surface area (Å²) < 4.78 is 10.2. The maximum atomic E-state index is 11.8. The van der Waals surface area contributed by atoms with Gasteiger partial charge in [-0.25, -0.2) is 4.79 Å². The summed E-state index contributed by atoms with van der Waals surface area (Å²) in [5.74, 6) is -2.27. The van der Waals surface area contributed by atoms with Crippen molar-refractivity contribution in [1.82, 2.24) is 9.97 Å². The van der Waals surface area contributed by atoms with Crippen LogP contribution in [0.1, 0.15) is 69.3 Å². The fraction of sp³-hybridized carbons (Fsp3) is 0.476. The number of carboxylic acids is 2. The summed E-state index contributed by atoms with van der Waals surface area (Å²) in [7, 11) is 2.82. The van der Waals surface area contributed by atoms with Crippen LogP contribution in [0.3, 0.4) is 0 Å². The van der Waals surface area contributed by atoms with E-state index < -0.39 is 17.9 Å². The normalized spacial score (nSPS) is 11.9. The van der Waals surface area contributed by atoms with Gasteiger partial charge in [-0.3, -0.25) is 9.59 Å². The number of aromatic amines is 2. The maximum absolute atomic E-state index is 11.8. The molecule has 2 aromatic heterocycles. The molecule has 0 amide bonds. The van der Waals surface area contributed by atoms with Crippen LogP contribution in [0.5, 0.6) is 5.88 Å².